The van der Waals surface area contributed by atoms with Crippen LogP contribution in [0.1, 0.15) is 52.7 Å². The molecule has 0 fully saturated rings. The Labute approximate surface area is 203 Å². The third kappa shape index (κ3) is 6.67. The molecule has 5 nitrogen and oxygen atoms in total. The first-order chi connectivity index (χ1) is 15.1. The number of fused-ring (bicyclic) bond motifs is 1. The number of hydrogen-bond donors (Lipinski definition) is 2. The molecule has 3 aromatic rings. The predicted octanol–water partition coefficient (Wildman–Crippen LogP) is 5.95. The van der Waals surface area contributed by atoms with Crippen LogP contribution in [0.15, 0.2) is 41.8 Å². The first-order valence-corrected chi connectivity index (χ1v) is 12.0. The highest BCUT2D eigenvalue weighted by molar-refractivity contribution is 7.09. The van der Waals surface area contributed by atoms with Crippen molar-refractivity contribution in [3.8, 4) is 0 Å². The number of hydrogen-bond acceptors (Lipinski definition) is 5. The normalized spacial score (nSPS) is 13.5. The second-order valence-corrected chi connectivity index (χ2v) is 9.36. The number of carbonyl (C=O) groups is 1. The van der Waals surface area contributed by atoms with Gasteiger partial charge in [-0.25, -0.2) is 9.97 Å². The van der Waals surface area contributed by atoms with Gasteiger partial charge in [-0.15, -0.1) is 23.7 Å². The summed E-state index contributed by atoms with van der Waals surface area (Å²) in [5.74, 6) is 0.131. The highest BCUT2D eigenvalue weighted by atomic mass is 35.5. The van der Waals surface area contributed by atoms with Crippen molar-refractivity contribution in [3.63, 3.8) is 0 Å². The lowest BCUT2D eigenvalue weighted by Gasteiger charge is -2.17. The van der Waals surface area contributed by atoms with Gasteiger partial charge in [-0.05, 0) is 73.8 Å². The molecular formula is C24H27Cl2N3O2S. The second kappa shape index (κ2) is 11.6. The van der Waals surface area contributed by atoms with E-state index in [1.54, 1.807) is 11.3 Å². The van der Waals surface area contributed by atoms with Crippen molar-refractivity contribution in [2.24, 2.45) is 0 Å². The summed E-state index contributed by atoms with van der Waals surface area (Å²) in [5.41, 5.74) is 4.37. The molecular weight excluding hydrogens is 465 g/mol. The van der Waals surface area contributed by atoms with Crippen LogP contribution in [-0.4, -0.2) is 27.6 Å². The summed E-state index contributed by atoms with van der Waals surface area (Å²) >= 11 is 7.63. The van der Waals surface area contributed by atoms with Gasteiger partial charge in [-0.2, -0.15) is 0 Å². The van der Waals surface area contributed by atoms with Crippen molar-refractivity contribution in [1.82, 2.24) is 9.97 Å². The van der Waals surface area contributed by atoms with Gasteiger partial charge in [0, 0.05) is 22.6 Å². The molecule has 1 aliphatic heterocycles. The van der Waals surface area contributed by atoms with E-state index in [9.17, 15) is 9.90 Å². The van der Waals surface area contributed by atoms with Gasteiger partial charge in [0.25, 0.3) is 0 Å². The summed E-state index contributed by atoms with van der Waals surface area (Å²) in [5, 5.41) is 16.5. The highest BCUT2D eigenvalue weighted by Crippen LogP contribution is 2.27. The predicted molar refractivity (Wildman–Crippen MR) is 133 cm³/mol. The lowest BCUT2D eigenvalue weighted by atomic mass is 9.91. The Hall–Kier alpha value is -2.15. The maximum absolute atomic E-state index is 11.4. The monoisotopic (exact) mass is 491 g/mol. The van der Waals surface area contributed by atoms with Crippen molar-refractivity contribution in [1.29, 1.82) is 0 Å². The maximum atomic E-state index is 11.4. The van der Waals surface area contributed by atoms with Crippen LogP contribution in [0.25, 0.3) is 0 Å². The Balaban J connectivity index is 0.00000289. The van der Waals surface area contributed by atoms with Crippen LogP contribution >= 0.6 is 35.3 Å². The van der Waals surface area contributed by atoms with Crippen LogP contribution in [0.3, 0.4) is 0 Å². The van der Waals surface area contributed by atoms with Crippen molar-refractivity contribution in [2.45, 2.75) is 50.9 Å². The fraction of sp³-hybridized carbons (Fsp3) is 0.375. The molecule has 0 radical (unpaired) electrons. The van der Waals surface area contributed by atoms with Crippen LogP contribution < -0.4 is 5.32 Å². The molecule has 0 spiro atoms. The summed E-state index contributed by atoms with van der Waals surface area (Å²) in [4.78, 5) is 20.9. The average Bonchev–Trinajstić information content (AvgIpc) is 3.20. The molecule has 2 N–H and O–H groups in total. The number of nitrogens with one attached hydrogen (secondary N) is 1. The molecule has 2 aromatic heterocycles. The summed E-state index contributed by atoms with van der Waals surface area (Å²) in [6, 6.07) is 11.8. The molecule has 170 valence electrons. The minimum Gasteiger partial charge on any atom is -0.481 e. The van der Waals surface area contributed by atoms with Gasteiger partial charge in [-0.3, -0.25) is 4.79 Å². The minimum atomic E-state index is -0.803. The molecule has 1 aliphatic rings. The van der Waals surface area contributed by atoms with Crippen LogP contribution in [0.2, 0.25) is 5.02 Å². The number of aliphatic carboxylic acids is 1. The zero-order chi connectivity index (χ0) is 21.6. The summed E-state index contributed by atoms with van der Waals surface area (Å²) in [6.07, 6.45) is 5.79. The number of anilines is 1. The summed E-state index contributed by atoms with van der Waals surface area (Å²) < 4.78 is 0. The molecule has 1 unspecified atom stereocenters. The van der Waals surface area contributed by atoms with Crippen molar-refractivity contribution < 1.29 is 9.90 Å². The number of aryl methyl sites for hydroxylation is 3. The van der Waals surface area contributed by atoms with Crippen LogP contribution in [0, 0.1) is 0 Å². The molecule has 0 bridgehead atoms. The molecule has 4 rings (SSSR count). The number of benzene rings is 1. The topological polar surface area (TPSA) is 75.1 Å². The Morgan fingerprint density at radius 1 is 1.12 bits per heavy atom. The zero-order valence-corrected chi connectivity index (χ0v) is 20.1. The molecule has 3 heterocycles. The molecule has 0 amide bonds. The van der Waals surface area contributed by atoms with Gasteiger partial charge in [-0.1, -0.05) is 29.8 Å². The van der Waals surface area contributed by atoms with Crippen LogP contribution in [0.4, 0.5) is 5.82 Å². The Morgan fingerprint density at radius 3 is 2.72 bits per heavy atom. The number of nitrogens with zero attached hydrogens (tertiary/aromatic N) is 2. The van der Waals surface area contributed by atoms with Crippen LogP contribution in [-0.2, 0) is 30.5 Å². The number of halogens is 2. The van der Waals surface area contributed by atoms with E-state index in [1.807, 2.05) is 24.3 Å². The van der Waals surface area contributed by atoms with E-state index in [4.69, 9.17) is 21.6 Å². The van der Waals surface area contributed by atoms with Crippen molar-refractivity contribution in [3.05, 3.63) is 74.3 Å². The van der Waals surface area contributed by atoms with Gasteiger partial charge in [0.15, 0.2) is 0 Å². The quantitative estimate of drug-likeness (QED) is 0.386. The average molecular weight is 492 g/mol. The van der Waals surface area contributed by atoms with E-state index >= 15 is 0 Å². The number of pyridine rings is 1. The summed E-state index contributed by atoms with van der Waals surface area (Å²) in [6.45, 7) is 1.00. The largest absolute Gasteiger partial charge is 0.481 e. The number of thiazole rings is 1. The second-order valence-electron chi connectivity index (χ2n) is 7.98. The first kappa shape index (κ1) is 24.5. The lowest BCUT2D eigenvalue weighted by molar-refractivity contribution is -0.137. The molecule has 1 atom stereocenters. The Bertz CT molecular complexity index is 1040. The smallest absolute Gasteiger partial charge is 0.303 e. The lowest BCUT2D eigenvalue weighted by Crippen LogP contribution is -2.14. The molecule has 0 aliphatic carbocycles. The number of carboxylic acids is 1. The third-order valence-electron chi connectivity index (χ3n) is 5.59. The van der Waals surface area contributed by atoms with E-state index in [2.05, 4.69) is 22.8 Å². The highest BCUT2D eigenvalue weighted by Gasteiger charge is 2.18. The van der Waals surface area contributed by atoms with Gasteiger partial charge < -0.3 is 10.4 Å². The zero-order valence-electron chi connectivity index (χ0n) is 17.7. The van der Waals surface area contributed by atoms with E-state index in [0.717, 1.165) is 60.0 Å². The van der Waals surface area contributed by atoms with E-state index < -0.39 is 5.97 Å². The van der Waals surface area contributed by atoms with Crippen molar-refractivity contribution in [2.75, 3.05) is 11.9 Å². The van der Waals surface area contributed by atoms with Crippen LogP contribution in [0.5, 0.6) is 0 Å². The first-order valence-electron chi connectivity index (χ1n) is 10.7. The fourth-order valence-corrected chi connectivity index (χ4v) is 4.97. The number of carboxylic acid groups (broad SMARTS) is 1. The van der Waals surface area contributed by atoms with E-state index in [-0.39, 0.29) is 24.7 Å². The fourth-order valence-electron chi connectivity index (χ4n) is 3.99. The van der Waals surface area contributed by atoms with E-state index in [0.29, 0.717) is 11.4 Å². The van der Waals surface area contributed by atoms with Crippen molar-refractivity contribution >= 4 is 47.1 Å². The van der Waals surface area contributed by atoms with Gasteiger partial charge in [0.05, 0.1) is 17.1 Å². The van der Waals surface area contributed by atoms with Gasteiger partial charge >= 0.3 is 5.97 Å². The minimum absolute atomic E-state index is 0. The number of rotatable bonds is 9. The summed E-state index contributed by atoms with van der Waals surface area (Å²) in [7, 11) is 0. The molecule has 0 saturated carbocycles. The Morgan fingerprint density at radius 2 is 1.94 bits per heavy atom. The van der Waals surface area contributed by atoms with E-state index in [1.165, 1.54) is 12.0 Å². The van der Waals surface area contributed by atoms with Gasteiger partial charge in [0.2, 0.25) is 0 Å². The number of aromatic nitrogens is 2. The molecule has 0 saturated heterocycles. The Kier molecular flexibility index (Phi) is 8.91. The SMILES string of the molecule is Cl.O=C(O)CC(Cc1csc(CCCc2ccc3c(n2)NCCC3)n1)c1ccc(Cl)cc1. The molecule has 1 aromatic carbocycles. The molecule has 32 heavy (non-hydrogen) atoms. The maximum Gasteiger partial charge on any atom is 0.303 e. The third-order valence-corrected chi connectivity index (χ3v) is 6.80. The molecule has 8 heteroatoms. The standard InChI is InChI=1S/C24H26ClN3O2S.ClH/c25-19-9-6-16(7-10-19)18(14-23(29)30)13-21-15-31-22(27-21)5-1-4-20-11-8-17-3-2-12-26-24(17)28-20;/h6-11,15,18H,1-5,12-14H2,(H,26,28)(H,29,30);1H. The van der Waals surface area contributed by atoms with Gasteiger partial charge in [0.1, 0.15) is 5.82 Å².